The molecule has 0 aliphatic rings. The minimum Gasteiger partial charge on any atom is -0.330 e. The summed E-state index contributed by atoms with van der Waals surface area (Å²) in [4.78, 5) is 11.6. The van der Waals surface area contributed by atoms with Gasteiger partial charge in [0, 0.05) is 10.9 Å². The first-order chi connectivity index (χ1) is 8.04. The molecule has 0 bridgehead atoms. The number of rotatable bonds is 5. The highest BCUT2D eigenvalue weighted by Gasteiger charge is 2.11. The number of amides is 1. The second-order valence-electron chi connectivity index (χ2n) is 4.02. The first kappa shape index (κ1) is 14.1. The van der Waals surface area contributed by atoms with Gasteiger partial charge >= 0.3 is 0 Å². The Hall–Kier alpha value is -0.940. The molecule has 1 amide bonds. The molecule has 0 spiro atoms. The van der Waals surface area contributed by atoms with Crippen molar-refractivity contribution >= 4 is 27.5 Å². The summed E-state index contributed by atoms with van der Waals surface area (Å²) in [6, 6.07) is 4.57. The van der Waals surface area contributed by atoms with Crippen LogP contribution in [0.25, 0.3) is 0 Å². The van der Waals surface area contributed by atoms with Crippen LogP contribution >= 0.6 is 15.9 Å². The molecule has 1 atom stereocenters. The number of para-hydroxylation sites is 1. The van der Waals surface area contributed by atoms with E-state index in [1.807, 2.05) is 6.92 Å². The lowest BCUT2D eigenvalue weighted by Crippen LogP contribution is -2.17. The van der Waals surface area contributed by atoms with Crippen LogP contribution in [-0.2, 0) is 4.79 Å². The molecule has 3 nitrogen and oxygen atoms in total. The number of hydrogen-bond donors (Lipinski definition) is 2. The standard InChI is InChI=1S/C12H16BrFN2O/c1-8(7-15)5-6-11(17)16-12-9(13)3-2-4-10(12)14/h2-4,8H,5-7,15H2,1H3,(H,16,17). The maximum atomic E-state index is 13.4. The molecule has 0 heterocycles. The van der Waals surface area contributed by atoms with Crippen molar-refractivity contribution in [2.75, 3.05) is 11.9 Å². The minimum absolute atomic E-state index is 0.193. The molecular weight excluding hydrogens is 287 g/mol. The number of benzene rings is 1. The van der Waals surface area contributed by atoms with Crippen LogP contribution in [0, 0.1) is 11.7 Å². The number of nitrogens with one attached hydrogen (secondary N) is 1. The van der Waals surface area contributed by atoms with Gasteiger partial charge in [0.1, 0.15) is 5.82 Å². The molecule has 0 saturated heterocycles. The van der Waals surface area contributed by atoms with Crippen LogP contribution in [0.3, 0.4) is 0 Å². The monoisotopic (exact) mass is 302 g/mol. The van der Waals surface area contributed by atoms with Crippen molar-refractivity contribution < 1.29 is 9.18 Å². The zero-order chi connectivity index (χ0) is 12.8. The number of carbonyl (C=O) groups excluding carboxylic acids is 1. The van der Waals surface area contributed by atoms with E-state index in [1.54, 1.807) is 12.1 Å². The molecule has 0 fully saturated rings. The summed E-state index contributed by atoms with van der Waals surface area (Å²) in [6.07, 6.45) is 1.05. The van der Waals surface area contributed by atoms with E-state index in [-0.39, 0.29) is 11.6 Å². The topological polar surface area (TPSA) is 55.1 Å². The lowest BCUT2D eigenvalue weighted by atomic mass is 10.1. The van der Waals surface area contributed by atoms with Crippen molar-refractivity contribution in [2.24, 2.45) is 11.7 Å². The zero-order valence-corrected chi connectivity index (χ0v) is 11.3. The quantitative estimate of drug-likeness (QED) is 0.879. The van der Waals surface area contributed by atoms with Crippen LogP contribution in [0.4, 0.5) is 10.1 Å². The van der Waals surface area contributed by atoms with E-state index >= 15 is 0 Å². The predicted molar refractivity (Wildman–Crippen MR) is 70.2 cm³/mol. The fraction of sp³-hybridized carbons (Fsp3) is 0.417. The van der Waals surface area contributed by atoms with Crippen molar-refractivity contribution in [2.45, 2.75) is 19.8 Å². The van der Waals surface area contributed by atoms with Gasteiger partial charge in [-0.1, -0.05) is 13.0 Å². The first-order valence-electron chi connectivity index (χ1n) is 5.48. The fourth-order valence-corrected chi connectivity index (χ4v) is 1.76. The minimum atomic E-state index is -0.445. The molecule has 3 N–H and O–H groups in total. The Labute approximate surface area is 109 Å². The number of halogens is 2. The Bertz CT molecular complexity index is 378. The second kappa shape index (κ2) is 6.71. The number of hydrogen-bond acceptors (Lipinski definition) is 2. The predicted octanol–water partition coefficient (Wildman–Crippen LogP) is 2.90. The summed E-state index contributed by atoms with van der Waals surface area (Å²) in [5.74, 6) is -0.347. The van der Waals surface area contributed by atoms with E-state index in [9.17, 15) is 9.18 Å². The molecule has 0 radical (unpaired) electrons. The van der Waals surface area contributed by atoms with Crippen molar-refractivity contribution in [3.63, 3.8) is 0 Å². The van der Waals surface area contributed by atoms with Gasteiger partial charge in [-0.3, -0.25) is 4.79 Å². The van der Waals surface area contributed by atoms with Crippen LogP contribution < -0.4 is 11.1 Å². The zero-order valence-electron chi connectivity index (χ0n) is 9.67. The third kappa shape index (κ3) is 4.44. The molecule has 0 aliphatic carbocycles. The molecule has 1 rings (SSSR count). The fourth-order valence-electron chi connectivity index (χ4n) is 1.31. The summed E-state index contributed by atoms with van der Waals surface area (Å²) in [6.45, 7) is 2.53. The summed E-state index contributed by atoms with van der Waals surface area (Å²) in [7, 11) is 0. The molecule has 94 valence electrons. The van der Waals surface area contributed by atoms with Gasteiger partial charge in [-0.15, -0.1) is 0 Å². The molecule has 0 saturated carbocycles. The Morgan fingerprint density at radius 2 is 2.29 bits per heavy atom. The van der Waals surface area contributed by atoms with Gasteiger partial charge in [0.2, 0.25) is 5.91 Å². The maximum Gasteiger partial charge on any atom is 0.224 e. The normalized spacial score (nSPS) is 12.2. The van der Waals surface area contributed by atoms with Gasteiger partial charge in [-0.05, 0) is 46.9 Å². The van der Waals surface area contributed by atoms with Gasteiger partial charge in [-0.2, -0.15) is 0 Å². The van der Waals surface area contributed by atoms with Gasteiger partial charge in [0.15, 0.2) is 0 Å². The Kier molecular flexibility index (Phi) is 5.58. The average molecular weight is 303 g/mol. The highest BCUT2D eigenvalue weighted by Crippen LogP contribution is 2.25. The van der Waals surface area contributed by atoms with E-state index in [0.29, 0.717) is 29.8 Å². The molecule has 1 unspecified atom stereocenters. The van der Waals surface area contributed by atoms with Gasteiger partial charge in [0.25, 0.3) is 0 Å². The Morgan fingerprint density at radius 1 is 1.59 bits per heavy atom. The highest BCUT2D eigenvalue weighted by atomic mass is 79.9. The van der Waals surface area contributed by atoms with E-state index in [4.69, 9.17) is 5.73 Å². The average Bonchev–Trinajstić information content (AvgIpc) is 2.31. The van der Waals surface area contributed by atoms with E-state index in [2.05, 4.69) is 21.2 Å². The van der Waals surface area contributed by atoms with Gasteiger partial charge in [-0.25, -0.2) is 4.39 Å². The summed E-state index contributed by atoms with van der Waals surface area (Å²) >= 11 is 3.19. The van der Waals surface area contributed by atoms with Gasteiger partial charge < -0.3 is 11.1 Å². The summed E-state index contributed by atoms with van der Waals surface area (Å²) in [5, 5.41) is 2.56. The largest absolute Gasteiger partial charge is 0.330 e. The Balaban J connectivity index is 2.56. The SMILES string of the molecule is CC(CN)CCC(=O)Nc1c(F)cccc1Br. The smallest absolute Gasteiger partial charge is 0.224 e. The van der Waals surface area contributed by atoms with Crippen LogP contribution in [0.5, 0.6) is 0 Å². The molecule has 0 aliphatic heterocycles. The van der Waals surface area contributed by atoms with Crippen LogP contribution in [-0.4, -0.2) is 12.5 Å². The van der Waals surface area contributed by atoms with E-state index < -0.39 is 5.82 Å². The highest BCUT2D eigenvalue weighted by molar-refractivity contribution is 9.10. The summed E-state index contributed by atoms with van der Waals surface area (Å²) in [5.41, 5.74) is 5.65. The van der Waals surface area contributed by atoms with Crippen molar-refractivity contribution in [1.82, 2.24) is 0 Å². The molecule has 1 aromatic rings. The van der Waals surface area contributed by atoms with E-state index in [1.165, 1.54) is 6.07 Å². The molecular formula is C12H16BrFN2O. The third-order valence-corrected chi connectivity index (χ3v) is 3.15. The summed E-state index contributed by atoms with van der Waals surface area (Å²) < 4.78 is 14.0. The molecule has 17 heavy (non-hydrogen) atoms. The third-order valence-electron chi connectivity index (χ3n) is 2.49. The first-order valence-corrected chi connectivity index (χ1v) is 6.27. The number of nitrogens with two attached hydrogens (primary N) is 1. The number of carbonyl (C=O) groups is 1. The molecule has 0 aromatic heterocycles. The second-order valence-corrected chi connectivity index (χ2v) is 4.88. The molecule has 1 aromatic carbocycles. The number of anilines is 1. The van der Waals surface area contributed by atoms with Crippen LogP contribution in [0.1, 0.15) is 19.8 Å². The molecule has 5 heteroatoms. The van der Waals surface area contributed by atoms with E-state index in [0.717, 1.165) is 0 Å². The maximum absolute atomic E-state index is 13.4. The van der Waals surface area contributed by atoms with Crippen LogP contribution in [0.2, 0.25) is 0 Å². The van der Waals surface area contributed by atoms with Crippen molar-refractivity contribution in [3.8, 4) is 0 Å². The lowest BCUT2D eigenvalue weighted by Gasteiger charge is -2.10. The Morgan fingerprint density at radius 3 is 2.88 bits per heavy atom. The lowest BCUT2D eigenvalue weighted by molar-refractivity contribution is -0.116. The van der Waals surface area contributed by atoms with Crippen LogP contribution in [0.15, 0.2) is 22.7 Å². The van der Waals surface area contributed by atoms with Gasteiger partial charge in [0.05, 0.1) is 5.69 Å². The van der Waals surface area contributed by atoms with Crippen molar-refractivity contribution in [1.29, 1.82) is 0 Å². The van der Waals surface area contributed by atoms with Crippen molar-refractivity contribution in [3.05, 3.63) is 28.5 Å².